The molecule has 2 aromatic heterocycles. The lowest BCUT2D eigenvalue weighted by molar-refractivity contribution is -0.130. The van der Waals surface area contributed by atoms with Crippen molar-refractivity contribution in [1.29, 1.82) is 0 Å². The van der Waals surface area contributed by atoms with Crippen molar-refractivity contribution in [2.45, 2.75) is 0 Å². The van der Waals surface area contributed by atoms with Crippen LogP contribution in [0.3, 0.4) is 0 Å². The number of anilines is 1. The topological polar surface area (TPSA) is 95.1 Å². The fraction of sp³-hybridized carbons (Fsp3) is 0. The molecule has 0 saturated heterocycles. The molecule has 0 unspecified atom stereocenters. The Kier molecular flexibility index (Phi) is 5.92. The number of aromatic nitrogens is 2. The van der Waals surface area contributed by atoms with Crippen molar-refractivity contribution in [3.8, 4) is 11.1 Å². The van der Waals surface area contributed by atoms with Gasteiger partial charge in [-0.1, -0.05) is 72.8 Å². The third kappa shape index (κ3) is 4.72. The van der Waals surface area contributed by atoms with Gasteiger partial charge in [-0.2, -0.15) is 0 Å². The van der Waals surface area contributed by atoms with Gasteiger partial charge < -0.3 is 15.4 Å². The van der Waals surface area contributed by atoms with E-state index in [0.717, 1.165) is 16.5 Å². The number of fused-ring (bicyclic) bond motifs is 1. The van der Waals surface area contributed by atoms with Crippen LogP contribution in [0.25, 0.3) is 33.8 Å². The molecule has 0 aliphatic rings. The Morgan fingerprint density at radius 1 is 0.771 bits per heavy atom. The van der Waals surface area contributed by atoms with Gasteiger partial charge in [-0.3, -0.25) is 4.79 Å². The average molecular weight is 460 g/mol. The predicted octanol–water partition coefficient (Wildman–Crippen LogP) is 6.11. The van der Waals surface area contributed by atoms with Crippen LogP contribution in [0.4, 0.5) is 5.82 Å². The first-order valence-electron chi connectivity index (χ1n) is 11.0. The van der Waals surface area contributed by atoms with E-state index in [1.54, 1.807) is 54.7 Å². The molecule has 0 bridgehead atoms. The highest BCUT2D eigenvalue weighted by Gasteiger charge is 2.13. The number of carbonyl (C=O) groups excluding carboxylic acids is 1. The number of nitrogens with zero attached hydrogens (tertiary/aromatic N) is 1. The highest BCUT2D eigenvalue weighted by Crippen LogP contribution is 2.25. The van der Waals surface area contributed by atoms with E-state index in [4.69, 9.17) is 0 Å². The van der Waals surface area contributed by atoms with Crippen molar-refractivity contribution in [2.24, 2.45) is 0 Å². The number of carboxylic acid groups (broad SMARTS) is 1. The summed E-state index contributed by atoms with van der Waals surface area (Å²) in [6, 6.07) is 29.8. The van der Waals surface area contributed by atoms with E-state index in [9.17, 15) is 14.7 Å². The molecular formula is C29H21N3O3. The SMILES string of the molecule is O=C(O)/C(=C/c1c[nH]c2nc(NC(=O)c3ccc(-c4ccccc4)cc3)ccc12)c1ccccc1. The highest BCUT2D eigenvalue weighted by atomic mass is 16.4. The summed E-state index contributed by atoms with van der Waals surface area (Å²) in [7, 11) is 0. The summed E-state index contributed by atoms with van der Waals surface area (Å²) in [5.41, 5.74) is 4.68. The monoisotopic (exact) mass is 459 g/mol. The van der Waals surface area contributed by atoms with Crippen LogP contribution in [-0.2, 0) is 4.79 Å². The first-order chi connectivity index (χ1) is 17.1. The average Bonchev–Trinajstić information content (AvgIpc) is 3.30. The zero-order valence-corrected chi connectivity index (χ0v) is 18.6. The Morgan fingerprint density at radius 3 is 2.11 bits per heavy atom. The molecule has 35 heavy (non-hydrogen) atoms. The van der Waals surface area contributed by atoms with Gasteiger partial charge in [-0.05, 0) is 47.0 Å². The summed E-state index contributed by atoms with van der Waals surface area (Å²) in [6.45, 7) is 0. The molecule has 0 atom stereocenters. The number of hydrogen-bond acceptors (Lipinski definition) is 3. The minimum Gasteiger partial charge on any atom is -0.478 e. The van der Waals surface area contributed by atoms with Gasteiger partial charge in [-0.25, -0.2) is 9.78 Å². The van der Waals surface area contributed by atoms with Crippen LogP contribution in [0, 0.1) is 0 Å². The van der Waals surface area contributed by atoms with Gasteiger partial charge in [-0.15, -0.1) is 0 Å². The third-order valence-electron chi connectivity index (χ3n) is 5.68. The predicted molar refractivity (Wildman–Crippen MR) is 138 cm³/mol. The Hall–Kier alpha value is -4.97. The molecule has 170 valence electrons. The number of carbonyl (C=O) groups is 2. The van der Waals surface area contributed by atoms with E-state index < -0.39 is 5.97 Å². The zero-order chi connectivity index (χ0) is 24.2. The number of hydrogen-bond donors (Lipinski definition) is 3. The van der Waals surface area contributed by atoms with E-state index in [0.29, 0.717) is 28.2 Å². The quantitative estimate of drug-likeness (QED) is 0.267. The molecule has 2 heterocycles. The third-order valence-corrected chi connectivity index (χ3v) is 5.68. The van der Waals surface area contributed by atoms with E-state index in [2.05, 4.69) is 15.3 Å². The molecule has 3 N–H and O–H groups in total. The molecular weight excluding hydrogens is 438 g/mol. The molecule has 0 aliphatic heterocycles. The number of aromatic amines is 1. The highest BCUT2D eigenvalue weighted by molar-refractivity contribution is 6.21. The zero-order valence-electron chi connectivity index (χ0n) is 18.6. The molecule has 5 aromatic rings. The van der Waals surface area contributed by atoms with Gasteiger partial charge in [0.05, 0.1) is 5.57 Å². The van der Waals surface area contributed by atoms with Crippen LogP contribution in [0.15, 0.2) is 103 Å². The maximum Gasteiger partial charge on any atom is 0.336 e. The lowest BCUT2D eigenvalue weighted by atomic mass is 10.0. The van der Waals surface area contributed by atoms with Gasteiger partial charge in [0.25, 0.3) is 5.91 Å². The number of nitrogens with one attached hydrogen (secondary N) is 2. The molecule has 1 amide bonds. The lowest BCUT2D eigenvalue weighted by Crippen LogP contribution is -2.12. The number of amides is 1. The summed E-state index contributed by atoms with van der Waals surface area (Å²) in [4.78, 5) is 32.1. The van der Waals surface area contributed by atoms with Crippen molar-refractivity contribution < 1.29 is 14.7 Å². The molecule has 0 aliphatic carbocycles. The molecule has 0 fully saturated rings. The number of pyridine rings is 1. The number of rotatable bonds is 6. The second-order valence-corrected chi connectivity index (χ2v) is 7.96. The Morgan fingerprint density at radius 2 is 1.43 bits per heavy atom. The molecule has 3 aromatic carbocycles. The number of benzene rings is 3. The first-order valence-corrected chi connectivity index (χ1v) is 11.0. The van der Waals surface area contributed by atoms with Crippen LogP contribution in [0.1, 0.15) is 21.5 Å². The van der Waals surface area contributed by atoms with Crippen molar-refractivity contribution in [1.82, 2.24) is 9.97 Å². The van der Waals surface area contributed by atoms with Gasteiger partial charge in [0.2, 0.25) is 0 Å². The van der Waals surface area contributed by atoms with Crippen molar-refractivity contribution in [2.75, 3.05) is 5.32 Å². The van der Waals surface area contributed by atoms with E-state index in [-0.39, 0.29) is 11.5 Å². The minimum atomic E-state index is -1.01. The van der Waals surface area contributed by atoms with Crippen molar-refractivity contribution >= 4 is 40.4 Å². The molecule has 0 radical (unpaired) electrons. The standard InChI is InChI=1S/C29H21N3O3/c33-28(22-13-11-20(12-14-22)19-7-3-1-4-8-19)32-26-16-15-24-23(18-30-27(24)31-26)17-25(29(34)35)21-9-5-2-6-10-21/h1-18H,(H,34,35)(H2,30,31,32,33)/b25-17+. The number of aliphatic carboxylic acids is 1. The molecule has 6 heteroatoms. The summed E-state index contributed by atoms with van der Waals surface area (Å²) in [6.07, 6.45) is 3.32. The van der Waals surface area contributed by atoms with Crippen molar-refractivity contribution in [3.05, 3.63) is 120 Å². The maximum atomic E-state index is 12.7. The smallest absolute Gasteiger partial charge is 0.336 e. The van der Waals surface area contributed by atoms with Crippen LogP contribution in [0.5, 0.6) is 0 Å². The summed E-state index contributed by atoms with van der Waals surface area (Å²) < 4.78 is 0. The Balaban J connectivity index is 1.36. The van der Waals surface area contributed by atoms with Gasteiger partial charge in [0.1, 0.15) is 11.5 Å². The molecule has 6 nitrogen and oxygen atoms in total. The van der Waals surface area contributed by atoms with Crippen LogP contribution in [0.2, 0.25) is 0 Å². The minimum absolute atomic E-state index is 0.183. The second-order valence-electron chi connectivity index (χ2n) is 7.96. The maximum absolute atomic E-state index is 12.7. The van der Waals surface area contributed by atoms with Crippen LogP contribution >= 0.6 is 0 Å². The lowest BCUT2D eigenvalue weighted by Gasteiger charge is -2.06. The fourth-order valence-electron chi connectivity index (χ4n) is 3.89. The van der Waals surface area contributed by atoms with Gasteiger partial charge >= 0.3 is 5.97 Å². The van der Waals surface area contributed by atoms with Crippen molar-refractivity contribution in [3.63, 3.8) is 0 Å². The molecule has 0 saturated carbocycles. The first kappa shape index (κ1) is 21.9. The second kappa shape index (κ2) is 9.49. The normalized spacial score (nSPS) is 11.4. The number of carboxylic acids is 1. The van der Waals surface area contributed by atoms with Gasteiger partial charge in [0, 0.05) is 22.7 Å². The fourth-order valence-corrected chi connectivity index (χ4v) is 3.89. The van der Waals surface area contributed by atoms with E-state index in [1.165, 1.54) is 0 Å². The Labute approximate surface area is 201 Å². The van der Waals surface area contributed by atoms with E-state index >= 15 is 0 Å². The van der Waals surface area contributed by atoms with Crippen LogP contribution in [-0.4, -0.2) is 27.0 Å². The summed E-state index contributed by atoms with van der Waals surface area (Å²) in [5.74, 6) is -0.880. The Bertz CT molecular complexity index is 1540. The summed E-state index contributed by atoms with van der Waals surface area (Å²) in [5, 5.41) is 13.3. The summed E-state index contributed by atoms with van der Waals surface area (Å²) >= 11 is 0. The largest absolute Gasteiger partial charge is 0.478 e. The molecule has 0 spiro atoms. The number of H-pyrrole nitrogens is 1. The molecule has 5 rings (SSSR count). The van der Waals surface area contributed by atoms with Crippen LogP contribution < -0.4 is 5.32 Å². The van der Waals surface area contributed by atoms with E-state index in [1.807, 2.05) is 54.6 Å². The van der Waals surface area contributed by atoms with Gasteiger partial charge in [0.15, 0.2) is 0 Å².